The average Bonchev–Trinajstić information content (AvgIpc) is 3.03. The highest BCUT2D eigenvalue weighted by Gasteiger charge is 2.59. The summed E-state index contributed by atoms with van der Waals surface area (Å²) >= 11 is 0. The van der Waals surface area contributed by atoms with Gasteiger partial charge in [0.15, 0.2) is 0 Å². The Labute approximate surface area is 181 Å². The third-order valence-electron chi connectivity index (χ3n) is 11.1. The van der Waals surface area contributed by atoms with E-state index >= 15 is 0 Å². The summed E-state index contributed by atoms with van der Waals surface area (Å²) in [6.45, 7) is 15.1. The summed E-state index contributed by atoms with van der Waals surface area (Å²) in [6.07, 6.45) is 15.7. The fourth-order valence-corrected chi connectivity index (χ4v) is 8.68. The van der Waals surface area contributed by atoms with Crippen LogP contribution in [0, 0.1) is 52.3 Å². The number of fused-ring (bicyclic) bond motifs is 5. The van der Waals surface area contributed by atoms with Gasteiger partial charge in [-0.25, -0.2) is 0 Å². The minimum absolute atomic E-state index is 0.0790. The zero-order valence-corrected chi connectivity index (χ0v) is 20.2. The predicted molar refractivity (Wildman–Crippen MR) is 124 cm³/mol. The lowest BCUT2D eigenvalue weighted by Gasteiger charge is -2.58. The van der Waals surface area contributed by atoms with E-state index in [0.717, 1.165) is 54.3 Å². The van der Waals surface area contributed by atoms with Gasteiger partial charge in [0.05, 0.1) is 6.10 Å². The third-order valence-corrected chi connectivity index (χ3v) is 11.1. The molecule has 0 aromatic rings. The molecule has 0 saturated heterocycles. The van der Waals surface area contributed by atoms with Crippen LogP contribution in [0.2, 0.25) is 0 Å². The Hall–Kier alpha value is -0.300. The molecule has 0 aromatic heterocycles. The fraction of sp³-hybridized carbons (Fsp3) is 0.929. The number of aliphatic hydroxyl groups excluding tert-OH is 1. The van der Waals surface area contributed by atoms with Crippen LogP contribution in [0.4, 0.5) is 0 Å². The first-order chi connectivity index (χ1) is 13.7. The molecular weight excluding hydrogens is 352 g/mol. The van der Waals surface area contributed by atoms with Crippen molar-refractivity contribution in [1.29, 1.82) is 0 Å². The molecule has 166 valence electrons. The van der Waals surface area contributed by atoms with E-state index in [-0.39, 0.29) is 6.10 Å². The van der Waals surface area contributed by atoms with Gasteiger partial charge < -0.3 is 5.11 Å². The van der Waals surface area contributed by atoms with Crippen LogP contribution in [0.15, 0.2) is 11.6 Å². The Morgan fingerprint density at radius 2 is 1.72 bits per heavy atom. The molecule has 1 N–H and O–H groups in total. The molecule has 0 unspecified atom stereocenters. The second-order valence-corrected chi connectivity index (χ2v) is 12.7. The van der Waals surface area contributed by atoms with Gasteiger partial charge in [-0.15, -0.1) is 0 Å². The molecule has 4 aliphatic rings. The molecule has 4 rings (SSSR count). The largest absolute Gasteiger partial charge is 0.393 e. The topological polar surface area (TPSA) is 20.2 Å². The van der Waals surface area contributed by atoms with Crippen molar-refractivity contribution in [3.05, 3.63) is 11.6 Å². The second kappa shape index (κ2) is 7.99. The molecular formula is C28H48O. The first-order valence-electron chi connectivity index (χ1n) is 13.0. The lowest BCUT2D eigenvalue weighted by atomic mass is 9.47. The minimum atomic E-state index is -0.0790. The van der Waals surface area contributed by atoms with E-state index < -0.39 is 0 Å². The van der Waals surface area contributed by atoms with Crippen LogP contribution >= 0.6 is 0 Å². The van der Waals surface area contributed by atoms with E-state index in [0.29, 0.717) is 10.8 Å². The fourth-order valence-electron chi connectivity index (χ4n) is 8.68. The number of aliphatic hydroxyl groups is 1. The highest BCUT2D eigenvalue weighted by molar-refractivity contribution is 5.25. The zero-order valence-electron chi connectivity index (χ0n) is 20.2. The summed E-state index contributed by atoms with van der Waals surface area (Å²) in [7, 11) is 0. The Bertz CT molecular complexity index is 620. The monoisotopic (exact) mass is 400 g/mol. The minimum Gasteiger partial charge on any atom is -0.393 e. The van der Waals surface area contributed by atoms with Crippen LogP contribution in [0.25, 0.3) is 0 Å². The molecule has 3 fully saturated rings. The molecule has 0 heterocycles. The zero-order chi connectivity index (χ0) is 21.0. The summed E-state index contributed by atoms with van der Waals surface area (Å²) in [5.74, 6) is 6.24. The van der Waals surface area contributed by atoms with Gasteiger partial charge in [-0.05, 0) is 104 Å². The van der Waals surface area contributed by atoms with Gasteiger partial charge in [-0.1, -0.05) is 66.0 Å². The van der Waals surface area contributed by atoms with Crippen molar-refractivity contribution in [2.75, 3.05) is 0 Å². The van der Waals surface area contributed by atoms with E-state index in [4.69, 9.17) is 0 Å². The van der Waals surface area contributed by atoms with Gasteiger partial charge in [0.2, 0.25) is 0 Å². The van der Waals surface area contributed by atoms with Crippen LogP contribution in [-0.2, 0) is 0 Å². The van der Waals surface area contributed by atoms with Crippen molar-refractivity contribution in [2.45, 2.75) is 112 Å². The first-order valence-corrected chi connectivity index (χ1v) is 13.0. The van der Waals surface area contributed by atoms with Crippen LogP contribution in [0.1, 0.15) is 106 Å². The van der Waals surface area contributed by atoms with E-state index in [9.17, 15) is 5.11 Å². The molecule has 0 amide bonds. The molecule has 4 aliphatic carbocycles. The summed E-state index contributed by atoms with van der Waals surface area (Å²) in [5, 5.41) is 10.2. The number of hydrogen-bond donors (Lipinski definition) is 1. The summed E-state index contributed by atoms with van der Waals surface area (Å²) < 4.78 is 0. The summed E-state index contributed by atoms with van der Waals surface area (Å²) in [6, 6.07) is 0. The molecule has 1 heteroatoms. The maximum absolute atomic E-state index is 10.2. The van der Waals surface area contributed by atoms with Gasteiger partial charge in [0.1, 0.15) is 0 Å². The molecule has 0 aromatic carbocycles. The van der Waals surface area contributed by atoms with Crippen molar-refractivity contribution in [1.82, 2.24) is 0 Å². The lowest BCUT2D eigenvalue weighted by molar-refractivity contribution is -0.0574. The quantitative estimate of drug-likeness (QED) is 0.470. The van der Waals surface area contributed by atoms with Gasteiger partial charge >= 0.3 is 0 Å². The van der Waals surface area contributed by atoms with E-state index in [1.54, 1.807) is 5.57 Å². The Kier molecular flexibility index (Phi) is 6.04. The molecule has 0 radical (unpaired) electrons. The maximum atomic E-state index is 10.2. The third kappa shape index (κ3) is 3.66. The highest BCUT2D eigenvalue weighted by Crippen LogP contribution is 2.67. The summed E-state index contributed by atoms with van der Waals surface area (Å²) in [4.78, 5) is 0. The van der Waals surface area contributed by atoms with Crippen LogP contribution in [-0.4, -0.2) is 11.2 Å². The normalized spacial score (nSPS) is 46.5. The van der Waals surface area contributed by atoms with Crippen LogP contribution in [0.5, 0.6) is 0 Å². The van der Waals surface area contributed by atoms with Gasteiger partial charge in [0.25, 0.3) is 0 Å². The second-order valence-electron chi connectivity index (χ2n) is 12.7. The smallest absolute Gasteiger partial charge is 0.0577 e. The molecule has 0 spiro atoms. The summed E-state index contributed by atoms with van der Waals surface area (Å²) in [5.41, 5.74) is 2.59. The standard InChI is InChI=1S/C28H48O/c1-18(2)19(3)7-8-20(4)24-11-12-25-23-10-9-21-17-22(29)13-15-27(21,5)26(23)14-16-28(24,25)6/h9,18-20,22-26,29H,7-8,10-17H2,1-6H3/t19-,20-,22+,23+,24+,25+,26-,27+,28+/m1/s1. The first kappa shape index (κ1) is 21.9. The van der Waals surface area contributed by atoms with Crippen molar-refractivity contribution >= 4 is 0 Å². The van der Waals surface area contributed by atoms with Crippen LogP contribution in [0.3, 0.4) is 0 Å². The lowest BCUT2D eigenvalue weighted by Crippen LogP contribution is -2.50. The van der Waals surface area contributed by atoms with Crippen LogP contribution < -0.4 is 0 Å². The van der Waals surface area contributed by atoms with Crippen molar-refractivity contribution in [2.24, 2.45) is 52.3 Å². The van der Waals surface area contributed by atoms with E-state index in [2.05, 4.69) is 47.6 Å². The number of rotatable bonds is 5. The van der Waals surface area contributed by atoms with E-state index in [1.807, 2.05) is 0 Å². The molecule has 29 heavy (non-hydrogen) atoms. The molecule has 9 atom stereocenters. The molecule has 3 saturated carbocycles. The van der Waals surface area contributed by atoms with Gasteiger partial charge in [-0.2, -0.15) is 0 Å². The molecule has 1 nitrogen and oxygen atoms in total. The van der Waals surface area contributed by atoms with Crippen molar-refractivity contribution in [3.63, 3.8) is 0 Å². The van der Waals surface area contributed by atoms with Gasteiger partial charge in [-0.3, -0.25) is 0 Å². The Morgan fingerprint density at radius 3 is 2.45 bits per heavy atom. The predicted octanol–water partition coefficient (Wildman–Crippen LogP) is 7.63. The molecule has 0 bridgehead atoms. The van der Waals surface area contributed by atoms with Gasteiger partial charge in [0, 0.05) is 0 Å². The maximum Gasteiger partial charge on any atom is 0.0577 e. The Balaban J connectivity index is 1.49. The SMILES string of the molecule is CC(C)[C@H](C)CC[C@@H](C)[C@@H]1CC[C@H]2[C@@H]3CC=C4C[C@@H](O)CC[C@]4(C)[C@@H]3CC[C@]21C. The van der Waals surface area contributed by atoms with E-state index in [1.165, 1.54) is 51.4 Å². The van der Waals surface area contributed by atoms with Crippen molar-refractivity contribution < 1.29 is 5.11 Å². The van der Waals surface area contributed by atoms with Crippen molar-refractivity contribution in [3.8, 4) is 0 Å². The Morgan fingerprint density at radius 1 is 0.966 bits per heavy atom. The molecule has 0 aliphatic heterocycles. The average molecular weight is 401 g/mol. The number of hydrogen-bond acceptors (Lipinski definition) is 1. The highest BCUT2D eigenvalue weighted by atomic mass is 16.3. The number of allylic oxidation sites excluding steroid dienone is 1.